The monoisotopic (exact) mass is 520 g/mol. The van der Waals surface area contributed by atoms with Crippen molar-refractivity contribution in [3.05, 3.63) is 81.4 Å². The van der Waals surface area contributed by atoms with Crippen LogP contribution in [0.2, 0.25) is 0 Å². The number of aromatic nitrogens is 1. The van der Waals surface area contributed by atoms with Gasteiger partial charge in [0.05, 0.1) is 31.5 Å². The van der Waals surface area contributed by atoms with Crippen molar-refractivity contribution in [1.82, 2.24) is 4.98 Å². The average Bonchev–Trinajstić information content (AvgIpc) is 3.39. The quantitative estimate of drug-likeness (QED) is 0.214. The molecule has 37 heavy (non-hydrogen) atoms. The Hall–Kier alpha value is -3.98. The van der Waals surface area contributed by atoms with E-state index in [4.69, 9.17) is 9.47 Å². The second-order valence-corrected chi connectivity index (χ2v) is 10.7. The molecular weight excluding hydrogens is 492 g/mol. The number of Topliss-reactive ketones (excluding diaryl/α,β-unsaturated/α-hetero) is 1. The number of hydrogen-bond donors (Lipinski definition) is 1. The highest BCUT2D eigenvalue weighted by Gasteiger charge is 2.48. The van der Waals surface area contributed by atoms with E-state index in [1.165, 1.54) is 19.1 Å². The predicted molar refractivity (Wildman–Crippen MR) is 141 cm³/mol. The van der Waals surface area contributed by atoms with E-state index in [2.05, 4.69) is 25.8 Å². The van der Waals surface area contributed by atoms with Gasteiger partial charge in [0.15, 0.2) is 5.13 Å². The maximum Gasteiger partial charge on any atom is 0.350 e. The Balaban J connectivity index is 1.94. The largest absolute Gasteiger partial charge is 0.507 e. The summed E-state index contributed by atoms with van der Waals surface area (Å²) >= 11 is 0.960. The van der Waals surface area contributed by atoms with Gasteiger partial charge in [-0.05, 0) is 35.6 Å². The van der Waals surface area contributed by atoms with Crippen LogP contribution in [-0.4, -0.2) is 42.0 Å². The fourth-order valence-corrected chi connectivity index (χ4v) is 5.22. The van der Waals surface area contributed by atoms with Crippen LogP contribution in [0.1, 0.15) is 58.9 Å². The first-order valence-electron chi connectivity index (χ1n) is 11.6. The van der Waals surface area contributed by atoms with Crippen molar-refractivity contribution in [2.45, 2.75) is 39.2 Å². The topological polar surface area (TPSA) is 106 Å². The predicted octanol–water partition coefficient (Wildman–Crippen LogP) is 5.17. The van der Waals surface area contributed by atoms with Gasteiger partial charge >= 0.3 is 11.9 Å². The Morgan fingerprint density at radius 1 is 1.08 bits per heavy atom. The molecule has 1 N–H and O–H groups in total. The van der Waals surface area contributed by atoms with Gasteiger partial charge in [-0.1, -0.05) is 68.5 Å². The maximum atomic E-state index is 13.4. The minimum Gasteiger partial charge on any atom is -0.507 e. The summed E-state index contributed by atoms with van der Waals surface area (Å²) in [7, 11) is 2.76. The molecule has 0 bridgehead atoms. The summed E-state index contributed by atoms with van der Waals surface area (Å²) in [6.07, 6.45) is 0. The van der Waals surface area contributed by atoms with Crippen LogP contribution >= 0.6 is 11.3 Å². The normalized spacial score (nSPS) is 17.2. The van der Waals surface area contributed by atoms with E-state index in [1.807, 2.05) is 24.3 Å². The SMILES string of the molecule is COC(=O)c1sc(N2C(=O)C(=O)/C(=C(/O)c3cccc(OC)c3)[C@@H]2c2ccc(C(C)(C)C)cc2)nc1C. The second kappa shape index (κ2) is 9.82. The van der Waals surface area contributed by atoms with Gasteiger partial charge in [0.1, 0.15) is 16.4 Å². The molecule has 1 fully saturated rings. The third-order valence-electron chi connectivity index (χ3n) is 6.24. The summed E-state index contributed by atoms with van der Waals surface area (Å²) in [6, 6.07) is 13.2. The van der Waals surface area contributed by atoms with E-state index in [9.17, 15) is 19.5 Å². The van der Waals surface area contributed by atoms with Gasteiger partial charge < -0.3 is 14.6 Å². The Morgan fingerprint density at radius 2 is 1.76 bits per heavy atom. The molecule has 0 spiro atoms. The van der Waals surface area contributed by atoms with Crippen LogP contribution in [-0.2, 0) is 19.7 Å². The summed E-state index contributed by atoms with van der Waals surface area (Å²) in [5, 5.41) is 11.5. The summed E-state index contributed by atoms with van der Waals surface area (Å²) < 4.78 is 10.1. The Morgan fingerprint density at radius 3 is 2.35 bits per heavy atom. The molecule has 2 heterocycles. The number of hydrogen-bond acceptors (Lipinski definition) is 8. The average molecular weight is 521 g/mol. The Bertz CT molecular complexity index is 1420. The standard InChI is InChI=1S/C28H28N2O6S/c1-15-24(26(34)36-6)37-27(29-15)30-21(16-10-12-18(13-11-16)28(2,3)4)20(23(32)25(30)33)22(31)17-8-7-9-19(14-17)35-5/h7-14,21,31H,1-6H3/b22-20+/t21-/m0/s1. The summed E-state index contributed by atoms with van der Waals surface area (Å²) in [6.45, 7) is 7.89. The van der Waals surface area contributed by atoms with Crippen molar-refractivity contribution in [3.8, 4) is 5.75 Å². The van der Waals surface area contributed by atoms with Crippen LogP contribution in [0.3, 0.4) is 0 Å². The number of benzene rings is 2. The van der Waals surface area contributed by atoms with Crippen molar-refractivity contribution >= 4 is 39.9 Å². The molecule has 1 atom stereocenters. The number of carbonyl (C=O) groups excluding carboxylic acids is 3. The highest BCUT2D eigenvalue weighted by Crippen LogP contribution is 2.44. The first-order valence-corrected chi connectivity index (χ1v) is 12.4. The minimum absolute atomic E-state index is 0.0748. The van der Waals surface area contributed by atoms with Gasteiger partial charge in [0.25, 0.3) is 5.78 Å². The minimum atomic E-state index is -0.962. The molecule has 0 unspecified atom stereocenters. The number of nitrogens with zero attached hydrogens (tertiary/aromatic N) is 2. The van der Waals surface area contributed by atoms with E-state index >= 15 is 0 Å². The van der Waals surface area contributed by atoms with E-state index < -0.39 is 23.7 Å². The number of thiazole rings is 1. The molecule has 9 heteroatoms. The number of amides is 1. The number of methoxy groups -OCH3 is 2. The van der Waals surface area contributed by atoms with Crippen LogP contribution in [0.25, 0.3) is 5.76 Å². The van der Waals surface area contributed by atoms with Gasteiger partial charge in [-0.15, -0.1) is 0 Å². The third-order valence-corrected chi connectivity index (χ3v) is 7.38. The lowest BCUT2D eigenvalue weighted by Gasteiger charge is -2.24. The number of anilines is 1. The Kier molecular flexibility index (Phi) is 6.92. The molecule has 192 valence electrons. The van der Waals surface area contributed by atoms with Crippen LogP contribution < -0.4 is 9.64 Å². The number of esters is 1. The van der Waals surface area contributed by atoms with Gasteiger partial charge in [0.2, 0.25) is 0 Å². The fraction of sp³-hybridized carbons (Fsp3) is 0.286. The molecule has 3 aromatic rings. The number of aliphatic hydroxyl groups excluding tert-OH is 1. The molecule has 8 nitrogen and oxygen atoms in total. The van der Waals surface area contributed by atoms with Crippen LogP contribution in [0.15, 0.2) is 54.1 Å². The molecule has 1 saturated heterocycles. The van der Waals surface area contributed by atoms with Gasteiger partial charge in [-0.25, -0.2) is 9.78 Å². The molecule has 0 saturated carbocycles. The molecular formula is C28H28N2O6S. The number of ketones is 1. The van der Waals surface area contributed by atoms with E-state index in [-0.39, 0.29) is 26.8 Å². The molecule has 0 radical (unpaired) electrons. The number of aryl methyl sites for hydroxylation is 1. The smallest absolute Gasteiger partial charge is 0.350 e. The van der Waals surface area contributed by atoms with Gasteiger partial charge in [-0.2, -0.15) is 0 Å². The van der Waals surface area contributed by atoms with Crippen molar-refractivity contribution in [2.75, 3.05) is 19.1 Å². The molecule has 2 aromatic carbocycles. The lowest BCUT2D eigenvalue weighted by molar-refractivity contribution is -0.132. The highest BCUT2D eigenvalue weighted by molar-refractivity contribution is 7.17. The van der Waals surface area contributed by atoms with Gasteiger partial charge in [0, 0.05) is 5.56 Å². The fourth-order valence-electron chi connectivity index (χ4n) is 4.20. The zero-order valence-corrected chi connectivity index (χ0v) is 22.3. The van der Waals surface area contributed by atoms with Crippen LogP contribution in [0.4, 0.5) is 5.13 Å². The zero-order valence-electron chi connectivity index (χ0n) is 21.5. The van der Waals surface area contributed by atoms with E-state index in [1.54, 1.807) is 31.2 Å². The van der Waals surface area contributed by atoms with Crippen molar-refractivity contribution in [2.24, 2.45) is 0 Å². The Labute approximate surface area is 219 Å². The first kappa shape index (κ1) is 26.1. The molecule has 1 aliphatic heterocycles. The second-order valence-electron chi connectivity index (χ2n) is 9.68. The maximum absolute atomic E-state index is 13.4. The third kappa shape index (κ3) is 4.74. The summed E-state index contributed by atoms with van der Waals surface area (Å²) in [5.74, 6) is -2.12. The highest BCUT2D eigenvalue weighted by atomic mass is 32.1. The molecule has 1 aliphatic rings. The van der Waals surface area contributed by atoms with Crippen molar-refractivity contribution in [1.29, 1.82) is 0 Å². The van der Waals surface area contributed by atoms with E-state index in [0.29, 0.717) is 22.6 Å². The zero-order chi connectivity index (χ0) is 27.1. The molecule has 1 aromatic heterocycles. The first-order chi connectivity index (χ1) is 17.5. The summed E-state index contributed by atoms with van der Waals surface area (Å²) in [5.41, 5.74) is 2.21. The summed E-state index contributed by atoms with van der Waals surface area (Å²) in [4.78, 5) is 44.9. The lowest BCUT2D eigenvalue weighted by Crippen LogP contribution is -2.29. The van der Waals surface area contributed by atoms with Crippen molar-refractivity contribution < 1.29 is 29.0 Å². The van der Waals surface area contributed by atoms with Crippen molar-refractivity contribution in [3.63, 3.8) is 0 Å². The lowest BCUT2D eigenvalue weighted by atomic mass is 9.85. The number of ether oxygens (including phenoxy) is 2. The molecule has 0 aliphatic carbocycles. The van der Waals surface area contributed by atoms with Crippen LogP contribution in [0.5, 0.6) is 5.75 Å². The number of aliphatic hydroxyl groups is 1. The number of rotatable bonds is 5. The van der Waals surface area contributed by atoms with Crippen LogP contribution in [0, 0.1) is 6.92 Å². The molecule has 1 amide bonds. The number of carbonyl (C=O) groups is 3. The van der Waals surface area contributed by atoms with E-state index in [0.717, 1.165) is 16.9 Å². The molecule has 4 rings (SSSR count). The van der Waals surface area contributed by atoms with Gasteiger partial charge in [-0.3, -0.25) is 14.5 Å².